The van der Waals surface area contributed by atoms with E-state index in [1.165, 1.54) is 12.1 Å². The fraction of sp³-hybridized carbons (Fsp3) is 0.650. The van der Waals surface area contributed by atoms with Crippen molar-refractivity contribution in [2.75, 3.05) is 60.7 Å². The molecule has 0 heterocycles. The average molecular weight is 510 g/mol. The number of hydrogen-bond donors (Lipinski definition) is 2. The molecule has 0 aliphatic heterocycles. The van der Waals surface area contributed by atoms with Gasteiger partial charge < -0.3 is 25.0 Å². The van der Waals surface area contributed by atoms with E-state index in [2.05, 4.69) is 27.4 Å². The predicted molar refractivity (Wildman–Crippen MR) is 124 cm³/mol. The third-order valence-corrected chi connectivity index (χ3v) is 4.12. The van der Waals surface area contributed by atoms with E-state index in [4.69, 9.17) is 9.47 Å². The first-order valence-corrected chi connectivity index (χ1v) is 9.60. The smallest absolute Gasteiger partial charge is 0.191 e. The first-order chi connectivity index (χ1) is 13.1. The Balaban J connectivity index is 0.00000729. The monoisotopic (exact) mass is 510 g/mol. The third kappa shape index (κ3) is 11.8. The van der Waals surface area contributed by atoms with Crippen molar-refractivity contribution in [3.63, 3.8) is 0 Å². The fourth-order valence-corrected chi connectivity index (χ4v) is 2.51. The molecule has 0 amide bonds. The van der Waals surface area contributed by atoms with Gasteiger partial charge in [-0.3, -0.25) is 4.99 Å². The second kappa shape index (κ2) is 16.9. The molecule has 0 radical (unpaired) electrons. The molecular weight excluding hydrogens is 474 g/mol. The molecule has 0 saturated carbocycles. The van der Waals surface area contributed by atoms with E-state index in [1.807, 2.05) is 26.2 Å². The molecule has 0 saturated heterocycles. The minimum absolute atomic E-state index is 0. The largest absolute Gasteiger partial charge is 0.379 e. The summed E-state index contributed by atoms with van der Waals surface area (Å²) >= 11 is 0. The van der Waals surface area contributed by atoms with Crippen molar-refractivity contribution in [1.82, 2.24) is 15.5 Å². The molecule has 0 aliphatic rings. The fourth-order valence-electron chi connectivity index (χ4n) is 2.51. The second-order valence-electron chi connectivity index (χ2n) is 6.49. The zero-order chi connectivity index (χ0) is 19.9. The second-order valence-corrected chi connectivity index (χ2v) is 6.49. The van der Waals surface area contributed by atoms with Crippen LogP contribution >= 0.6 is 24.0 Å². The topological polar surface area (TPSA) is 58.1 Å². The first-order valence-electron chi connectivity index (χ1n) is 9.60. The number of halogens is 2. The highest BCUT2D eigenvalue weighted by atomic mass is 127. The van der Waals surface area contributed by atoms with Crippen LogP contribution in [0.2, 0.25) is 0 Å². The van der Waals surface area contributed by atoms with E-state index >= 15 is 0 Å². The van der Waals surface area contributed by atoms with Crippen molar-refractivity contribution in [1.29, 1.82) is 0 Å². The lowest BCUT2D eigenvalue weighted by atomic mass is 10.1. The molecule has 8 heteroatoms. The summed E-state index contributed by atoms with van der Waals surface area (Å²) in [6.07, 6.45) is 2.24. The summed E-state index contributed by atoms with van der Waals surface area (Å²) in [5, 5.41) is 6.54. The van der Waals surface area contributed by atoms with Crippen LogP contribution in [0.4, 0.5) is 4.39 Å². The highest BCUT2D eigenvalue weighted by Crippen LogP contribution is 2.17. The number of unbranched alkanes of at least 4 members (excludes halogenated alkanes) is 1. The van der Waals surface area contributed by atoms with Crippen molar-refractivity contribution in [3.8, 4) is 0 Å². The Kier molecular flexibility index (Phi) is 16.4. The van der Waals surface area contributed by atoms with Gasteiger partial charge in [0.05, 0.1) is 25.9 Å². The van der Waals surface area contributed by atoms with Crippen LogP contribution in [0, 0.1) is 5.82 Å². The number of ether oxygens (including phenoxy) is 2. The maximum atomic E-state index is 13.1. The summed E-state index contributed by atoms with van der Waals surface area (Å²) < 4.78 is 24.1. The van der Waals surface area contributed by atoms with Crippen LogP contribution in [0.15, 0.2) is 29.3 Å². The summed E-state index contributed by atoms with van der Waals surface area (Å²) in [6.45, 7) is 6.09. The third-order valence-electron chi connectivity index (χ3n) is 4.12. The van der Waals surface area contributed by atoms with Gasteiger partial charge in [-0.25, -0.2) is 4.39 Å². The lowest BCUT2D eigenvalue weighted by Crippen LogP contribution is -2.42. The standard InChI is InChI=1S/C20H35FN4O2.HI/c1-5-6-12-26-14-15-27-13-11-23-20(22-2)24-16-19(25(3)4)17-7-9-18(21)10-8-17;/h7-10,19H,5-6,11-16H2,1-4H3,(H2,22,23,24);1H. The number of guanidine groups is 1. The summed E-state index contributed by atoms with van der Waals surface area (Å²) in [4.78, 5) is 6.32. The van der Waals surface area contributed by atoms with E-state index in [0.717, 1.165) is 25.0 Å². The normalized spacial score (nSPS) is 12.6. The number of hydrogen-bond acceptors (Lipinski definition) is 4. The van der Waals surface area contributed by atoms with Crippen LogP contribution < -0.4 is 10.6 Å². The maximum absolute atomic E-state index is 13.1. The first kappa shape index (κ1) is 27.0. The van der Waals surface area contributed by atoms with Crippen molar-refractivity contribution in [3.05, 3.63) is 35.6 Å². The van der Waals surface area contributed by atoms with Crippen LogP contribution in [0.3, 0.4) is 0 Å². The molecule has 1 atom stereocenters. The molecule has 1 aromatic carbocycles. The summed E-state index contributed by atoms with van der Waals surface area (Å²) in [5.41, 5.74) is 1.05. The van der Waals surface area contributed by atoms with Gasteiger partial charge in [-0.2, -0.15) is 0 Å². The van der Waals surface area contributed by atoms with Crippen molar-refractivity contribution in [2.24, 2.45) is 4.99 Å². The van der Waals surface area contributed by atoms with Crippen LogP contribution in [0.5, 0.6) is 0 Å². The van der Waals surface area contributed by atoms with Gasteiger partial charge in [0.15, 0.2) is 5.96 Å². The van der Waals surface area contributed by atoms with Crippen LogP contribution in [-0.4, -0.2) is 71.5 Å². The van der Waals surface area contributed by atoms with Gasteiger partial charge in [0.2, 0.25) is 0 Å². The van der Waals surface area contributed by atoms with Crippen LogP contribution in [0.25, 0.3) is 0 Å². The molecule has 0 spiro atoms. The Hall–Kier alpha value is -0.970. The maximum Gasteiger partial charge on any atom is 0.191 e. The SMILES string of the molecule is CCCCOCCOCCNC(=NC)NCC(c1ccc(F)cc1)N(C)C.I. The Morgan fingerprint density at radius 1 is 1.07 bits per heavy atom. The highest BCUT2D eigenvalue weighted by Gasteiger charge is 2.14. The number of benzene rings is 1. The number of nitrogens with one attached hydrogen (secondary N) is 2. The lowest BCUT2D eigenvalue weighted by molar-refractivity contribution is 0.0487. The van der Waals surface area contributed by atoms with Gasteiger partial charge in [-0.15, -0.1) is 24.0 Å². The van der Waals surface area contributed by atoms with Gasteiger partial charge in [-0.05, 0) is 38.2 Å². The molecule has 0 aliphatic carbocycles. The molecule has 1 unspecified atom stereocenters. The molecule has 1 rings (SSSR count). The molecule has 162 valence electrons. The molecule has 28 heavy (non-hydrogen) atoms. The number of aliphatic imine (C=N–C) groups is 1. The Labute approximate surface area is 186 Å². The van der Waals surface area contributed by atoms with Crippen LogP contribution in [-0.2, 0) is 9.47 Å². The van der Waals surface area contributed by atoms with Gasteiger partial charge in [-0.1, -0.05) is 25.5 Å². The average Bonchev–Trinajstić information content (AvgIpc) is 2.66. The number of rotatable bonds is 13. The number of likely N-dealkylation sites (N-methyl/N-ethyl adjacent to an activating group) is 1. The zero-order valence-electron chi connectivity index (χ0n) is 17.5. The Morgan fingerprint density at radius 3 is 2.29 bits per heavy atom. The summed E-state index contributed by atoms with van der Waals surface area (Å²) in [5.74, 6) is 0.490. The highest BCUT2D eigenvalue weighted by molar-refractivity contribution is 14.0. The van der Waals surface area contributed by atoms with Gasteiger partial charge in [0.1, 0.15) is 5.82 Å². The summed E-state index contributed by atoms with van der Waals surface area (Å²) in [6, 6.07) is 6.72. The minimum atomic E-state index is -0.225. The van der Waals surface area contributed by atoms with E-state index in [9.17, 15) is 4.39 Å². The van der Waals surface area contributed by atoms with Crippen LogP contribution in [0.1, 0.15) is 31.4 Å². The van der Waals surface area contributed by atoms with Crippen molar-refractivity contribution < 1.29 is 13.9 Å². The quantitative estimate of drug-likeness (QED) is 0.185. The van der Waals surface area contributed by atoms with E-state index in [-0.39, 0.29) is 35.8 Å². The zero-order valence-corrected chi connectivity index (χ0v) is 19.9. The molecular formula is C20H36FIN4O2. The predicted octanol–water partition coefficient (Wildman–Crippen LogP) is 3.04. The van der Waals surface area contributed by atoms with Gasteiger partial charge in [0, 0.05) is 26.7 Å². The molecule has 0 aromatic heterocycles. The minimum Gasteiger partial charge on any atom is -0.379 e. The molecule has 0 bridgehead atoms. The molecule has 2 N–H and O–H groups in total. The Bertz CT molecular complexity index is 529. The van der Waals surface area contributed by atoms with E-state index < -0.39 is 0 Å². The van der Waals surface area contributed by atoms with E-state index in [0.29, 0.717) is 38.9 Å². The lowest BCUT2D eigenvalue weighted by Gasteiger charge is -2.26. The Morgan fingerprint density at radius 2 is 1.71 bits per heavy atom. The van der Waals surface area contributed by atoms with Gasteiger partial charge >= 0.3 is 0 Å². The van der Waals surface area contributed by atoms with Crippen molar-refractivity contribution in [2.45, 2.75) is 25.8 Å². The molecule has 0 fully saturated rings. The van der Waals surface area contributed by atoms with Gasteiger partial charge in [0.25, 0.3) is 0 Å². The van der Waals surface area contributed by atoms with E-state index in [1.54, 1.807) is 7.05 Å². The molecule has 6 nitrogen and oxygen atoms in total. The van der Waals surface area contributed by atoms with Crippen molar-refractivity contribution >= 4 is 29.9 Å². The summed E-state index contributed by atoms with van der Waals surface area (Å²) in [7, 11) is 5.74. The number of nitrogens with zero attached hydrogens (tertiary/aromatic N) is 2. The molecule has 1 aromatic rings.